The smallest absolute Gasteiger partial charge is 0.255 e. The highest BCUT2D eigenvalue weighted by Gasteiger charge is 2.18. The predicted molar refractivity (Wildman–Crippen MR) is 68.1 cm³/mol. The maximum atomic E-state index is 12.0. The molecular weight excluding hydrogens is 216 g/mol. The molecule has 0 aromatic carbocycles. The van der Waals surface area contributed by atoms with Gasteiger partial charge in [-0.15, -0.1) is 0 Å². The third kappa shape index (κ3) is 3.33. The molecule has 0 aliphatic rings. The van der Waals surface area contributed by atoms with Crippen LogP contribution in [0.1, 0.15) is 47.2 Å². The van der Waals surface area contributed by atoms with Gasteiger partial charge in [-0.05, 0) is 27.2 Å². The molecule has 1 unspecified atom stereocenters. The Labute approximate surface area is 103 Å². The summed E-state index contributed by atoms with van der Waals surface area (Å²) < 4.78 is 5.43. The van der Waals surface area contributed by atoms with Crippen LogP contribution in [0.5, 0.6) is 0 Å². The molecule has 0 saturated carbocycles. The van der Waals surface area contributed by atoms with E-state index in [1.165, 1.54) is 0 Å². The highest BCUT2D eigenvalue weighted by atomic mass is 16.3. The van der Waals surface area contributed by atoms with Crippen molar-refractivity contribution >= 4 is 5.91 Å². The topological polar surface area (TPSA) is 68.3 Å². The van der Waals surface area contributed by atoms with E-state index in [1.807, 2.05) is 13.8 Å². The van der Waals surface area contributed by atoms with Crippen LogP contribution in [0.4, 0.5) is 0 Å². The molecule has 1 amide bonds. The summed E-state index contributed by atoms with van der Waals surface area (Å²) in [5, 5.41) is 2.85. The highest BCUT2D eigenvalue weighted by Crippen LogP contribution is 2.20. The number of carbonyl (C=O) groups excluding carboxylic acids is 1. The number of amides is 1. The summed E-state index contributed by atoms with van der Waals surface area (Å²) in [6.45, 7) is 8.15. The van der Waals surface area contributed by atoms with Crippen LogP contribution in [-0.4, -0.2) is 18.5 Å². The fourth-order valence-electron chi connectivity index (χ4n) is 1.91. The minimum Gasteiger partial charge on any atom is -0.466 e. The van der Waals surface area contributed by atoms with E-state index in [1.54, 1.807) is 6.92 Å². The minimum absolute atomic E-state index is 0.0255. The third-order valence-electron chi connectivity index (χ3n) is 2.97. The molecule has 3 N–H and O–H groups in total. The van der Waals surface area contributed by atoms with E-state index in [4.69, 9.17) is 10.2 Å². The third-order valence-corrected chi connectivity index (χ3v) is 2.97. The number of rotatable bonds is 5. The van der Waals surface area contributed by atoms with Crippen molar-refractivity contribution in [3.05, 3.63) is 22.6 Å². The van der Waals surface area contributed by atoms with Crippen LogP contribution >= 0.6 is 0 Å². The van der Waals surface area contributed by atoms with E-state index in [2.05, 4.69) is 12.2 Å². The Morgan fingerprint density at radius 1 is 1.35 bits per heavy atom. The molecule has 0 aliphatic heterocycles. The lowest BCUT2D eigenvalue weighted by atomic mass is 10.1. The van der Waals surface area contributed by atoms with E-state index in [0.717, 1.165) is 24.2 Å². The predicted octanol–water partition coefficient (Wildman–Crippen LogP) is 2.06. The van der Waals surface area contributed by atoms with Gasteiger partial charge in [0, 0.05) is 18.2 Å². The summed E-state index contributed by atoms with van der Waals surface area (Å²) >= 11 is 0. The van der Waals surface area contributed by atoms with Gasteiger partial charge in [0.15, 0.2) is 0 Å². The van der Waals surface area contributed by atoms with Gasteiger partial charge >= 0.3 is 0 Å². The highest BCUT2D eigenvalue weighted by molar-refractivity contribution is 5.96. The molecule has 0 saturated heterocycles. The molecule has 0 fully saturated rings. The zero-order valence-electron chi connectivity index (χ0n) is 11.1. The molecule has 1 heterocycles. The van der Waals surface area contributed by atoms with Gasteiger partial charge in [0.1, 0.15) is 11.5 Å². The van der Waals surface area contributed by atoms with E-state index in [9.17, 15) is 4.79 Å². The van der Waals surface area contributed by atoms with Crippen molar-refractivity contribution in [3.8, 4) is 0 Å². The monoisotopic (exact) mass is 238 g/mol. The molecule has 1 rings (SSSR count). The van der Waals surface area contributed by atoms with E-state index < -0.39 is 0 Å². The van der Waals surface area contributed by atoms with Crippen LogP contribution in [0, 0.1) is 20.8 Å². The second-order valence-electron chi connectivity index (χ2n) is 4.47. The average molecular weight is 238 g/mol. The number of hydrogen-bond acceptors (Lipinski definition) is 3. The van der Waals surface area contributed by atoms with Gasteiger partial charge in [-0.1, -0.05) is 13.3 Å². The maximum Gasteiger partial charge on any atom is 0.255 e. The van der Waals surface area contributed by atoms with Crippen molar-refractivity contribution in [2.45, 2.75) is 46.6 Å². The van der Waals surface area contributed by atoms with Gasteiger partial charge in [-0.3, -0.25) is 4.79 Å². The molecule has 0 spiro atoms. The molecule has 17 heavy (non-hydrogen) atoms. The first-order valence-electron chi connectivity index (χ1n) is 6.07. The molecular formula is C13H22N2O2. The maximum absolute atomic E-state index is 12.0. The summed E-state index contributed by atoms with van der Waals surface area (Å²) in [7, 11) is 0. The second-order valence-corrected chi connectivity index (χ2v) is 4.47. The summed E-state index contributed by atoms with van der Waals surface area (Å²) in [6, 6.07) is 0.0255. The molecule has 1 aromatic heterocycles. The number of nitrogens with two attached hydrogens (primary N) is 1. The molecule has 1 aromatic rings. The lowest BCUT2D eigenvalue weighted by Crippen LogP contribution is -2.37. The Hall–Kier alpha value is -1.29. The lowest BCUT2D eigenvalue weighted by molar-refractivity contribution is 0.0948. The Balaban J connectivity index is 2.64. The Morgan fingerprint density at radius 3 is 2.47 bits per heavy atom. The first-order valence-corrected chi connectivity index (χ1v) is 6.07. The zero-order valence-corrected chi connectivity index (χ0v) is 11.1. The van der Waals surface area contributed by atoms with E-state index in [-0.39, 0.29) is 11.9 Å². The van der Waals surface area contributed by atoms with Crippen LogP contribution in [0.15, 0.2) is 4.42 Å². The number of aryl methyl sites for hydroxylation is 2. The van der Waals surface area contributed by atoms with Gasteiger partial charge in [0.25, 0.3) is 5.91 Å². The molecule has 1 atom stereocenters. The molecule has 4 heteroatoms. The van der Waals surface area contributed by atoms with Crippen molar-refractivity contribution in [2.24, 2.45) is 5.73 Å². The van der Waals surface area contributed by atoms with Crippen molar-refractivity contribution in [1.82, 2.24) is 5.32 Å². The largest absolute Gasteiger partial charge is 0.466 e. The summed E-state index contributed by atoms with van der Waals surface area (Å²) in [5.74, 6) is 1.37. The van der Waals surface area contributed by atoms with Crippen molar-refractivity contribution in [3.63, 3.8) is 0 Å². The lowest BCUT2D eigenvalue weighted by Gasteiger charge is -2.11. The van der Waals surface area contributed by atoms with E-state index in [0.29, 0.717) is 17.9 Å². The fourth-order valence-corrected chi connectivity index (χ4v) is 1.91. The Bertz CT molecular complexity index is 396. The number of nitrogens with one attached hydrogen (secondary N) is 1. The van der Waals surface area contributed by atoms with E-state index >= 15 is 0 Å². The van der Waals surface area contributed by atoms with Gasteiger partial charge in [-0.25, -0.2) is 0 Å². The van der Waals surface area contributed by atoms with Crippen LogP contribution < -0.4 is 11.1 Å². The van der Waals surface area contributed by atoms with Crippen LogP contribution in [0.2, 0.25) is 0 Å². The van der Waals surface area contributed by atoms with Crippen LogP contribution in [-0.2, 0) is 0 Å². The van der Waals surface area contributed by atoms with Gasteiger partial charge < -0.3 is 15.5 Å². The van der Waals surface area contributed by atoms with Crippen LogP contribution in [0.25, 0.3) is 0 Å². The van der Waals surface area contributed by atoms with Gasteiger partial charge in [0.05, 0.1) is 5.56 Å². The Morgan fingerprint density at radius 2 is 2.00 bits per heavy atom. The average Bonchev–Trinajstić information content (AvgIpc) is 2.50. The van der Waals surface area contributed by atoms with Crippen molar-refractivity contribution in [2.75, 3.05) is 6.54 Å². The standard InChI is InChI=1S/C13H22N2O2/c1-5-6-11(14)7-15-13(16)12-8(2)9(3)17-10(12)4/h11H,5-7,14H2,1-4H3,(H,15,16). The van der Waals surface area contributed by atoms with Crippen molar-refractivity contribution in [1.29, 1.82) is 0 Å². The fraction of sp³-hybridized carbons (Fsp3) is 0.615. The second kappa shape index (κ2) is 5.87. The summed E-state index contributed by atoms with van der Waals surface area (Å²) in [4.78, 5) is 12.0. The summed E-state index contributed by atoms with van der Waals surface area (Å²) in [6.07, 6.45) is 1.95. The van der Waals surface area contributed by atoms with Gasteiger partial charge in [0.2, 0.25) is 0 Å². The number of carbonyl (C=O) groups is 1. The number of furan rings is 1. The first kappa shape index (κ1) is 13.8. The normalized spacial score (nSPS) is 12.5. The molecule has 0 aliphatic carbocycles. The van der Waals surface area contributed by atoms with Crippen LogP contribution in [0.3, 0.4) is 0 Å². The number of hydrogen-bond donors (Lipinski definition) is 2. The molecule has 0 radical (unpaired) electrons. The molecule has 96 valence electrons. The first-order chi connectivity index (χ1) is 7.97. The SMILES string of the molecule is CCCC(N)CNC(=O)c1c(C)oc(C)c1C. The van der Waals surface area contributed by atoms with Crippen molar-refractivity contribution < 1.29 is 9.21 Å². The minimum atomic E-state index is -0.0941. The molecule has 4 nitrogen and oxygen atoms in total. The Kier molecular flexibility index (Phi) is 4.75. The van der Waals surface area contributed by atoms with Gasteiger partial charge in [-0.2, -0.15) is 0 Å². The summed E-state index contributed by atoms with van der Waals surface area (Å²) in [5.41, 5.74) is 7.40. The quantitative estimate of drug-likeness (QED) is 0.825. The zero-order chi connectivity index (χ0) is 13.0. The molecule has 0 bridgehead atoms.